The highest BCUT2D eigenvalue weighted by Crippen LogP contribution is 2.41. The Bertz CT molecular complexity index is 1290. The minimum absolute atomic E-state index is 0.114. The number of hydrogen-bond donors (Lipinski definition) is 1. The number of anilines is 2. The fraction of sp³-hybridized carbons (Fsp3) is 0.350. The number of carbonyl (C=O) groups is 1. The normalized spacial score (nSPS) is 18.0. The summed E-state index contributed by atoms with van der Waals surface area (Å²) in [4.78, 5) is 19.2. The van der Waals surface area contributed by atoms with E-state index in [4.69, 9.17) is 4.52 Å². The summed E-state index contributed by atoms with van der Waals surface area (Å²) in [7, 11) is -3.81. The summed E-state index contributed by atoms with van der Waals surface area (Å²) < 4.78 is 34.4. The zero-order valence-electron chi connectivity index (χ0n) is 15.9. The summed E-state index contributed by atoms with van der Waals surface area (Å²) in [5.41, 5.74) is 3.16. The molecule has 3 aliphatic rings. The fourth-order valence-electron chi connectivity index (χ4n) is 4.17. The topological polar surface area (TPSA) is 105 Å². The lowest BCUT2D eigenvalue weighted by Crippen LogP contribution is -2.33. The molecule has 1 N–H and O–H groups in total. The highest BCUT2D eigenvalue weighted by Gasteiger charge is 2.33. The molecule has 0 radical (unpaired) electrons. The van der Waals surface area contributed by atoms with Crippen molar-refractivity contribution in [2.45, 2.75) is 42.9 Å². The van der Waals surface area contributed by atoms with Gasteiger partial charge in [-0.1, -0.05) is 5.16 Å². The number of nitrogens with zero attached hydrogens (tertiary/aromatic N) is 3. The molecule has 0 spiro atoms. The van der Waals surface area contributed by atoms with Gasteiger partial charge in [0.05, 0.1) is 16.3 Å². The van der Waals surface area contributed by atoms with Crippen molar-refractivity contribution < 1.29 is 17.7 Å². The van der Waals surface area contributed by atoms with Crippen LogP contribution in [-0.4, -0.2) is 31.0 Å². The second-order valence-corrected chi connectivity index (χ2v) is 10.5. The maximum atomic E-state index is 13.2. The summed E-state index contributed by atoms with van der Waals surface area (Å²) in [6.45, 7) is 0.618. The SMILES string of the molecule is O=C1CCc2cc(S(=O)(=O)Nc3ccsc3-c3nc(C4CC4)no3)cc3c2N1CC3. The summed E-state index contributed by atoms with van der Waals surface area (Å²) >= 11 is 1.35. The quantitative estimate of drug-likeness (QED) is 0.650. The molecule has 3 aromatic rings. The van der Waals surface area contributed by atoms with Crippen molar-refractivity contribution in [2.24, 2.45) is 0 Å². The number of aromatic nitrogens is 2. The summed E-state index contributed by atoms with van der Waals surface area (Å²) in [5.74, 6) is 1.49. The Kier molecular flexibility index (Phi) is 3.85. The van der Waals surface area contributed by atoms with Gasteiger partial charge in [-0.3, -0.25) is 9.52 Å². The third kappa shape index (κ3) is 2.85. The molecule has 1 saturated carbocycles. The molecule has 0 bridgehead atoms. The van der Waals surface area contributed by atoms with Gasteiger partial charge in [0.2, 0.25) is 5.91 Å². The fourth-order valence-corrected chi connectivity index (χ4v) is 6.18. The molecular formula is C20H18N4O4S2. The van der Waals surface area contributed by atoms with E-state index in [0.717, 1.165) is 29.7 Å². The average molecular weight is 443 g/mol. The van der Waals surface area contributed by atoms with E-state index in [1.165, 1.54) is 11.3 Å². The van der Waals surface area contributed by atoms with Gasteiger partial charge in [0.25, 0.3) is 15.9 Å². The Labute approximate surface area is 177 Å². The molecule has 1 fully saturated rings. The van der Waals surface area contributed by atoms with Crippen LogP contribution in [0.1, 0.15) is 42.1 Å². The van der Waals surface area contributed by atoms with E-state index in [1.54, 1.807) is 28.5 Å². The number of carbonyl (C=O) groups excluding carboxylic acids is 1. The van der Waals surface area contributed by atoms with Gasteiger partial charge in [0.15, 0.2) is 5.82 Å². The number of aryl methyl sites for hydroxylation is 1. The number of benzene rings is 1. The Balaban J connectivity index is 1.33. The van der Waals surface area contributed by atoms with Crippen LogP contribution in [0.25, 0.3) is 10.8 Å². The third-order valence-corrected chi connectivity index (χ3v) is 8.07. The maximum absolute atomic E-state index is 13.2. The Morgan fingerprint density at radius 1 is 1.17 bits per heavy atom. The van der Waals surface area contributed by atoms with Crippen LogP contribution in [-0.2, 0) is 27.7 Å². The lowest BCUT2D eigenvalue weighted by atomic mass is 10.00. The smallest absolute Gasteiger partial charge is 0.270 e. The van der Waals surface area contributed by atoms with Crippen LogP contribution in [0.15, 0.2) is 33.0 Å². The second-order valence-electron chi connectivity index (χ2n) is 7.89. The van der Waals surface area contributed by atoms with E-state index in [-0.39, 0.29) is 10.8 Å². The molecule has 1 aromatic carbocycles. The predicted molar refractivity (Wildman–Crippen MR) is 111 cm³/mol. The molecule has 30 heavy (non-hydrogen) atoms. The van der Waals surface area contributed by atoms with Crippen molar-refractivity contribution >= 4 is 38.6 Å². The molecular weight excluding hydrogens is 424 g/mol. The van der Waals surface area contributed by atoms with Crippen LogP contribution >= 0.6 is 11.3 Å². The highest BCUT2D eigenvalue weighted by molar-refractivity contribution is 7.92. The van der Waals surface area contributed by atoms with E-state index < -0.39 is 10.0 Å². The van der Waals surface area contributed by atoms with E-state index in [1.807, 2.05) is 0 Å². The van der Waals surface area contributed by atoms with Crippen LogP contribution in [0.2, 0.25) is 0 Å². The Morgan fingerprint density at radius 2 is 1.97 bits per heavy atom. The predicted octanol–water partition coefficient (Wildman–Crippen LogP) is 3.31. The lowest BCUT2D eigenvalue weighted by molar-refractivity contribution is -0.118. The first kappa shape index (κ1) is 18.1. The van der Waals surface area contributed by atoms with Crippen LogP contribution < -0.4 is 9.62 Å². The zero-order chi connectivity index (χ0) is 20.5. The number of rotatable bonds is 5. The summed E-state index contributed by atoms with van der Waals surface area (Å²) in [6, 6.07) is 5.08. The Morgan fingerprint density at radius 3 is 2.77 bits per heavy atom. The molecule has 1 amide bonds. The molecule has 0 saturated heterocycles. The lowest BCUT2D eigenvalue weighted by Gasteiger charge is -2.25. The minimum atomic E-state index is -3.81. The molecule has 2 aliphatic heterocycles. The van der Waals surface area contributed by atoms with Crippen LogP contribution in [0.4, 0.5) is 11.4 Å². The van der Waals surface area contributed by atoms with Crippen LogP contribution in [0.3, 0.4) is 0 Å². The molecule has 10 heteroatoms. The standard InChI is InChI=1S/C20H18N4O4S2/c25-16-4-3-12-9-14(10-13-5-7-24(16)17(12)13)30(26,27)23-15-6-8-29-18(15)20-21-19(22-28-20)11-1-2-11/h6,8-11,23H,1-5,7H2. The molecule has 1 aliphatic carbocycles. The highest BCUT2D eigenvalue weighted by atomic mass is 32.2. The second kappa shape index (κ2) is 6.39. The molecule has 154 valence electrons. The number of sulfonamides is 1. The molecule has 2 aromatic heterocycles. The number of hydrogen-bond acceptors (Lipinski definition) is 7. The minimum Gasteiger partial charge on any atom is -0.333 e. The van der Waals surface area contributed by atoms with Gasteiger partial charge in [-0.25, -0.2) is 8.42 Å². The van der Waals surface area contributed by atoms with Gasteiger partial charge in [-0.05, 0) is 60.4 Å². The van der Waals surface area contributed by atoms with E-state index in [0.29, 0.717) is 54.0 Å². The largest absolute Gasteiger partial charge is 0.333 e. The van der Waals surface area contributed by atoms with Gasteiger partial charge in [-0.2, -0.15) is 4.98 Å². The van der Waals surface area contributed by atoms with Crippen molar-refractivity contribution in [3.63, 3.8) is 0 Å². The van der Waals surface area contributed by atoms with Crippen molar-refractivity contribution in [1.82, 2.24) is 10.1 Å². The monoisotopic (exact) mass is 442 g/mol. The summed E-state index contributed by atoms with van der Waals surface area (Å²) in [5, 5.41) is 5.82. The Hall–Kier alpha value is -2.72. The van der Waals surface area contributed by atoms with Gasteiger partial charge in [-0.15, -0.1) is 11.3 Å². The van der Waals surface area contributed by atoms with E-state index in [9.17, 15) is 13.2 Å². The van der Waals surface area contributed by atoms with Crippen molar-refractivity contribution in [2.75, 3.05) is 16.2 Å². The van der Waals surface area contributed by atoms with Gasteiger partial charge >= 0.3 is 0 Å². The molecule has 0 unspecified atom stereocenters. The molecule has 4 heterocycles. The third-order valence-electron chi connectivity index (χ3n) is 5.82. The first-order valence-corrected chi connectivity index (χ1v) is 12.3. The van der Waals surface area contributed by atoms with Crippen LogP contribution in [0.5, 0.6) is 0 Å². The van der Waals surface area contributed by atoms with E-state index >= 15 is 0 Å². The van der Waals surface area contributed by atoms with Gasteiger partial charge in [0, 0.05) is 18.9 Å². The molecule has 6 rings (SSSR count). The summed E-state index contributed by atoms with van der Waals surface area (Å²) in [6.07, 6.45) is 3.78. The zero-order valence-corrected chi connectivity index (χ0v) is 17.6. The van der Waals surface area contributed by atoms with Crippen molar-refractivity contribution in [1.29, 1.82) is 0 Å². The maximum Gasteiger partial charge on any atom is 0.270 e. The van der Waals surface area contributed by atoms with Crippen molar-refractivity contribution in [3.8, 4) is 10.8 Å². The molecule has 8 nitrogen and oxygen atoms in total. The molecule has 0 atom stereocenters. The number of amides is 1. The van der Waals surface area contributed by atoms with Gasteiger partial charge in [0.1, 0.15) is 4.88 Å². The first-order valence-electron chi connectivity index (χ1n) is 9.90. The first-order chi connectivity index (χ1) is 14.5. The van der Waals surface area contributed by atoms with E-state index in [2.05, 4.69) is 14.9 Å². The average Bonchev–Trinajstić information content (AvgIpc) is 3.12. The number of thiophene rings is 1. The van der Waals surface area contributed by atoms with Gasteiger partial charge < -0.3 is 9.42 Å². The van der Waals surface area contributed by atoms with Crippen LogP contribution in [0, 0.1) is 0 Å². The number of nitrogens with one attached hydrogen (secondary N) is 1. The van der Waals surface area contributed by atoms with Crippen molar-refractivity contribution in [3.05, 3.63) is 40.5 Å².